The lowest BCUT2D eigenvalue weighted by atomic mass is 10.1. The Labute approximate surface area is 226 Å². The average Bonchev–Trinajstić information content (AvgIpc) is 3.49. The van der Waals surface area contributed by atoms with Crippen molar-refractivity contribution in [3.63, 3.8) is 0 Å². The number of piperazine rings is 1. The molecule has 5 rings (SSSR count). The molecule has 2 aliphatic heterocycles. The number of aromatic nitrogens is 4. The van der Waals surface area contributed by atoms with Crippen LogP contribution in [0.5, 0.6) is 5.88 Å². The number of aliphatic hydroxyl groups is 1. The monoisotopic (exact) mass is 538 g/mol. The molecular weight excluding hydrogens is 504 g/mol. The Hall–Kier alpha value is -4.13. The first kappa shape index (κ1) is 26.5. The van der Waals surface area contributed by atoms with E-state index >= 15 is 0 Å². The van der Waals surface area contributed by atoms with Crippen molar-refractivity contribution in [3.8, 4) is 5.88 Å². The molecular formula is C26H34N8O5. The van der Waals surface area contributed by atoms with Gasteiger partial charge in [0.15, 0.2) is 5.65 Å². The average molecular weight is 539 g/mol. The summed E-state index contributed by atoms with van der Waals surface area (Å²) in [7, 11) is 3.30. The Kier molecular flexibility index (Phi) is 6.93. The van der Waals surface area contributed by atoms with Gasteiger partial charge in [0.05, 0.1) is 19.8 Å². The highest BCUT2D eigenvalue weighted by Crippen LogP contribution is 2.36. The normalized spacial score (nSPS) is 17.4. The minimum Gasteiger partial charge on any atom is -0.479 e. The maximum atomic E-state index is 13.4. The standard InChI is InChI=1S/C26H34N8O5/c1-26(2,3)39-25(37)33-11-10-32(14-17(33)15-35)20-6-8-27-22-18(20)7-9-34(22)24(36)28-19-12-16-13-31(4)30-21(16)29-23(19)38-5/h6,8,12-13,17,35H,7,9-11,14-15H2,1-5H3,(H,28,36)/t17-/m1/s1. The molecule has 13 heteroatoms. The molecule has 3 aromatic rings. The van der Waals surface area contributed by atoms with Gasteiger partial charge in [0, 0.05) is 62.3 Å². The number of amides is 3. The molecule has 0 aliphatic carbocycles. The van der Waals surface area contributed by atoms with Gasteiger partial charge in [0.2, 0.25) is 5.88 Å². The SMILES string of the molecule is COc1nc2nn(C)cc2cc1NC(=O)N1CCc2c(N3CCN(C(=O)OC(C)(C)C)[C@@H](CO)C3)ccnc21. The quantitative estimate of drug-likeness (QED) is 0.513. The van der Waals surface area contributed by atoms with E-state index in [1.54, 1.807) is 33.8 Å². The third kappa shape index (κ3) is 5.26. The fourth-order valence-electron chi connectivity index (χ4n) is 5.04. The van der Waals surface area contributed by atoms with Crippen LogP contribution in [0.2, 0.25) is 0 Å². The van der Waals surface area contributed by atoms with E-state index in [4.69, 9.17) is 9.47 Å². The zero-order chi connectivity index (χ0) is 27.9. The summed E-state index contributed by atoms with van der Waals surface area (Å²) >= 11 is 0. The van der Waals surface area contributed by atoms with Crippen molar-refractivity contribution in [2.75, 3.05) is 55.0 Å². The van der Waals surface area contributed by atoms with Crippen LogP contribution in [-0.2, 0) is 18.2 Å². The van der Waals surface area contributed by atoms with E-state index in [0.717, 1.165) is 16.6 Å². The van der Waals surface area contributed by atoms with Gasteiger partial charge < -0.3 is 24.8 Å². The molecule has 1 fully saturated rings. The Morgan fingerprint density at radius 3 is 2.74 bits per heavy atom. The lowest BCUT2D eigenvalue weighted by Gasteiger charge is -2.42. The maximum absolute atomic E-state index is 13.4. The highest BCUT2D eigenvalue weighted by Gasteiger charge is 2.36. The van der Waals surface area contributed by atoms with E-state index in [1.807, 2.05) is 33.0 Å². The molecule has 0 unspecified atom stereocenters. The van der Waals surface area contributed by atoms with Crippen LogP contribution in [0.4, 0.5) is 26.8 Å². The zero-order valence-electron chi connectivity index (χ0n) is 22.8. The molecule has 208 valence electrons. The van der Waals surface area contributed by atoms with Crippen molar-refractivity contribution < 1.29 is 24.2 Å². The van der Waals surface area contributed by atoms with Crippen LogP contribution in [0, 0.1) is 0 Å². The van der Waals surface area contributed by atoms with Crippen molar-refractivity contribution >= 4 is 40.4 Å². The number of carbonyl (C=O) groups is 2. The fraction of sp³-hybridized carbons (Fsp3) is 0.500. The number of hydrogen-bond acceptors (Lipinski definition) is 9. The van der Waals surface area contributed by atoms with Crippen molar-refractivity contribution in [1.82, 2.24) is 24.6 Å². The predicted molar refractivity (Wildman–Crippen MR) is 145 cm³/mol. The number of rotatable bonds is 4. The van der Waals surface area contributed by atoms with Crippen molar-refractivity contribution in [2.24, 2.45) is 7.05 Å². The third-order valence-corrected chi connectivity index (χ3v) is 6.77. The number of anilines is 3. The van der Waals surface area contributed by atoms with Crippen LogP contribution in [-0.4, -0.2) is 93.4 Å². The number of nitrogens with one attached hydrogen (secondary N) is 1. The second kappa shape index (κ2) is 10.2. The van der Waals surface area contributed by atoms with Crippen LogP contribution in [0.1, 0.15) is 26.3 Å². The van der Waals surface area contributed by atoms with E-state index in [-0.39, 0.29) is 18.5 Å². The summed E-state index contributed by atoms with van der Waals surface area (Å²) in [5.41, 5.74) is 2.24. The van der Waals surface area contributed by atoms with Gasteiger partial charge in [-0.25, -0.2) is 14.6 Å². The van der Waals surface area contributed by atoms with Crippen LogP contribution in [0.3, 0.4) is 0 Å². The van der Waals surface area contributed by atoms with E-state index in [9.17, 15) is 14.7 Å². The topological polar surface area (TPSA) is 138 Å². The molecule has 0 bridgehead atoms. The number of carbonyl (C=O) groups excluding carboxylic acids is 2. The minimum absolute atomic E-state index is 0.186. The molecule has 3 amide bonds. The van der Waals surface area contributed by atoms with Crippen LogP contribution >= 0.6 is 0 Å². The molecule has 3 aromatic heterocycles. The number of urea groups is 1. The second-order valence-electron chi connectivity index (χ2n) is 10.7. The first-order valence-electron chi connectivity index (χ1n) is 12.9. The molecule has 0 aromatic carbocycles. The van der Waals surface area contributed by atoms with Gasteiger partial charge in [-0.3, -0.25) is 14.5 Å². The van der Waals surface area contributed by atoms with Gasteiger partial charge >= 0.3 is 12.1 Å². The first-order chi connectivity index (χ1) is 18.6. The molecule has 1 saturated heterocycles. The molecule has 5 heterocycles. The van der Waals surface area contributed by atoms with E-state index in [2.05, 4.69) is 25.3 Å². The van der Waals surface area contributed by atoms with Gasteiger partial charge in [-0.15, -0.1) is 0 Å². The largest absolute Gasteiger partial charge is 0.479 e. The number of pyridine rings is 2. The molecule has 13 nitrogen and oxygen atoms in total. The Balaban J connectivity index is 1.34. The molecule has 2 aliphatic rings. The van der Waals surface area contributed by atoms with Gasteiger partial charge in [-0.1, -0.05) is 0 Å². The summed E-state index contributed by atoms with van der Waals surface area (Å²) in [5.74, 6) is 0.850. The van der Waals surface area contributed by atoms with Crippen molar-refractivity contribution in [2.45, 2.75) is 38.8 Å². The van der Waals surface area contributed by atoms with E-state index in [1.165, 1.54) is 7.11 Å². The van der Waals surface area contributed by atoms with Gasteiger partial charge in [-0.2, -0.15) is 10.1 Å². The van der Waals surface area contributed by atoms with Crippen molar-refractivity contribution in [3.05, 3.63) is 30.1 Å². The Bertz CT molecular complexity index is 1400. The number of methoxy groups -OCH3 is 1. The minimum atomic E-state index is -0.617. The molecule has 0 saturated carbocycles. The number of aryl methyl sites for hydroxylation is 1. The Morgan fingerprint density at radius 1 is 1.23 bits per heavy atom. The van der Waals surface area contributed by atoms with Crippen LogP contribution in [0.15, 0.2) is 24.5 Å². The van der Waals surface area contributed by atoms with Crippen LogP contribution < -0.4 is 19.9 Å². The van der Waals surface area contributed by atoms with E-state index < -0.39 is 17.7 Å². The molecule has 1 atom stereocenters. The highest BCUT2D eigenvalue weighted by molar-refractivity contribution is 6.04. The van der Waals surface area contributed by atoms with Gasteiger partial charge in [0.1, 0.15) is 17.1 Å². The summed E-state index contributed by atoms with van der Waals surface area (Å²) in [6, 6.07) is 2.94. The zero-order valence-corrected chi connectivity index (χ0v) is 22.8. The molecule has 39 heavy (non-hydrogen) atoms. The summed E-state index contributed by atoms with van der Waals surface area (Å²) in [6.45, 7) is 7.14. The number of fused-ring (bicyclic) bond motifs is 2. The highest BCUT2D eigenvalue weighted by atomic mass is 16.6. The lowest BCUT2D eigenvalue weighted by Crippen LogP contribution is -2.57. The molecule has 0 spiro atoms. The maximum Gasteiger partial charge on any atom is 0.410 e. The lowest BCUT2D eigenvalue weighted by molar-refractivity contribution is 0.00703. The number of hydrogen-bond donors (Lipinski definition) is 2. The summed E-state index contributed by atoms with van der Waals surface area (Å²) in [6.07, 6.45) is 3.69. The summed E-state index contributed by atoms with van der Waals surface area (Å²) in [5, 5.41) is 18.0. The smallest absolute Gasteiger partial charge is 0.410 e. The summed E-state index contributed by atoms with van der Waals surface area (Å²) in [4.78, 5) is 40.3. The third-order valence-electron chi connectivity index (χ3n) is 6.77. The summed E-state index contributed by atoms with van der Waals surface area (Å²) < 4.78 is 12.6. The molecule has 2 N–H and O–H groups in total. The number of nitrogens with zero attached hydrogens (tertiary/aromatic N) is 7. The van der Waals surface area contributed by atoms with Crippen molar-refractivity contribution in [1.29, 1.82) is 0 Å². The number of aliphatic hydroxyl groups excluding tert-OH is 1. The second-order valence-corrected chi connectivity index (χ2v) is 10.7. The van der Waals surface area contributed by atoms with Crippen LogP contribution in [0.25, 0.3) is 11.0 Å². The van der Waals surface area contributed by atoms with Gasteiger partial charge in [0.25, 0.3) is 0 Å². The fourth-order valence-corrected chi connectivity index (χ4v) is 5.04. The first-order valence-corrected chi connectivity index (χ1v) is 12.9. The molecule has 0 radical (unpaired) electrons. The Morgan fingerprint density at radius 2 is 2.03 bits per heavy atom. The van der Waals surface area contributed by atoms with Gasteiger partial charge in [-0.05, 0) is 39.3 Å². The predicted octanol–water partition coefficient (Wildman–Crippen LogP) is 2.38. The van der Waals surface area contributed by atoms with E-state index in [0.29, 0.717) is 49.8 Å². The number of ether oxygens (including phenoxy) is 2.